The lowest BCUT2D eigenvalue weighted by Gasteiger charge is -2.29. The number of nitrogens with one attached hydrogen (secondary N) is 1. The Morgan fingerprint density at radius 2 is 2.12 bits per heavy atom. The summed E-state index contributed by atoms with van der Waals surface area (Å²) in [5.74, 6) is 0.587. The average molecular weight is 236 g/mol. The fourth-order valence-electron chi connectivity index (χ4n) is 2.29. The Bertz CT molecular complexity index is 358. The van der Waals surface area contributed by atoms with Crippen LogP contribution in [0.3, 0.4) is 0 Å². The van der Waals surface area contributed by atoms with E-state index in [1.54, 1.807) is 19.5 Å². The second kappa shape index (κ2) is 5.93. The van der Waals surface area contributed by atoms with Gasteiger partial charge in [0.15, 0.2) is 0 Å². The van der Waals surface area contributed by atoms with E-state index in [2.05, 4.69) is 15.3 Å². The highest BCUT2D eigenvalue weighted by Gasteiger charge is 2.21. The van der Waals surface area contributed by atoms with E-state index in [9.17, 15) is 0 Å². The van der Waals surface area contributed by atoms with Gasteiger partial charge in [-0.05, 0) is 12.8 Å². The van der Waals surface area contributed by atoms with Crippen molar-refractivity contribution in [2.24, 2.45) is 5.73 Å². The summed E-state index contributed by atoms with van der Waals surface area (Å²) in [6, 6.07) is 0.641. The number of nitrogens with two attached hydrogens (primary N) is 1. The number of aromatic nitrogens is 2. The van der Waals surface area contributed by atoms with Crippen molar-refractivity contribution >= 4 is 0 Å². The average Bonchev–Trinajstić information content (AvgIpc) is 2.38. The van der Waals surface area contributed by atoms with E-state index in [-0.39, 0.29) is 6.04 Å². The predicted molar refractivity (Wildman–Crippen MR) is 65.7 cm³/mol. The van der Waals surface area contributed by atoms with Crippen molar-refractivity contribution in [3.63, 3.8) is 0 Å². The zero-order valence-electron chi connectivity index (χ0n) is 10.2. The molecular weight excluding hydrogens is 216 g/mol. The molecule has 1 saturated carbocycles. The van der Waals surface area contributed by atoms with Crippen molar-refractivity contribution in [3.8, 4) is 5.88 Å². The molecule has 1 aliphatic rings. The largest absolute Gasteiger partial charge is 0.480 e. The molecule has 3 N–H and O–H groups in total. The molecule has 94 valence electrons. The first-order valence-corrected chi connectivity index (χ1v) is 6.14. The Balaban J connectivity index is 1.92. The second-order valence-corrected chi connectivity index (χ2v) is 4.45. The smallest absolute Gasteiger partial charge is 0.236 e. The van der Waals surface area contributed by atoms with Gasteiger partial charge in [-0.3, -0.25) is 4.98 Å². The van der Waals surface area contributed by atoms with E-state index in [4.69, 9.17) is 10.5 Å². The minimum absolute atomic E-state index is 0.256. The summed E-state index contributed by atoms with van der Waals surface area (Å²) in [5, 5.41) is 3.45. The van der Waals surface area contributed by atoms with Gasteiger partial charge in [0.25, 0.3) is 0 Å². The van der Waals surface area contributed by atoms with E-state index in [1.165, 1.54) is 12.8 Å². The molecule has 0 spiro atoms. The Morgan fingerprint density at radius 1 is 1.35 bits per heavy atom. The maximum absolute atomic E-state index is 6.08. The molecule has 0 radical (unpaired) electrons. The lowest BCUT2D eigenvalue weighted by molar-refractivity contribution is 0.321. The Morgan fingerprint density at radius 3 is 2.88 bits per heavy atom. The van der Waals surface area contributed by atoms with Crippen LogP contribution in [0.1, 0.15) is 31.4 Å². The summed E-state index contributed by atoms with van der Waals surface area (Å²) in [4.78, 5) is 8.39. The van der Waals surface area contributed by atoms with E-state index in [1.807, 2.05) is 0 Å². The normalized spacial score (nSPS) is 24.6. The first-order chi connectivity index (χ1) is 8.31. The summed E-state index contributed by atoms with van der Waals surface area (Å²) >= 11 is 0. The van der Waals surface area contributed by atoms with Gasteiger partial charge in [0.2, 0.25) is 5.88 Å². The molecule has 0 aromatic carbocycles. The molecule has 1 aliphatic carbocycles. The Hall–Kier alpha value is -1.20. The van der Waals surface area contributed by atoms with E-state index in [0.29, 0.717) is 18.5 Å². The lowest BCUT2D eigenvalue weighted by Crippen LogP contribution is -2.46. The number of nitrogens with zero attached hydrogens (tertiary/aromatic N) is 2. The predicted octanol–water partition coefficient (Wildman–Crippen LogP) is 0.845. The van der Waals surface area contributed by atoms with E-state index in [0.717, 1.165) is 18.5 Å². The molecule has 2 rings (SSSR count). The van der Waals surface area contributed by atoms with Crippen LogP contribution in [0.4, 0.5) is 0 Å². The van der Waals surface area contributed by atoms with Crippen molar-refractivity contribution < 1.29 is 4.74 Å². The lowest BCUT2D eigenvalue weighted by atomic mass is 9.91. The van der Waals surface area contributed by atoms with Gasteiger partial charge in [-0.1, -0.05) is 12.8 Å². The third-order valence-electron chi connectivity index (χ3n) is 3.28. The van der Waals surface area contributed by atoms with Crippen molar-refractivity contribution in [2.75, 3.05) is 7.11 Å². The second-order valence-electron chi connectivity index (χ2n) is 4.45. The highest BCUT2D eigenvalue weighted by molar-refractivity contribution is 5.16. The molecule has 1 aromatic heterocycles. The number of hydrogen-bond donors (Lipinski definition) is 2. The number of hydrogen-bond acceptors (Lipinski definition) is 5. The molecule has 1 heterocycles. The van der Waals surface area contributed by atoms with E-state index < -0.39 is 0 Å². The third-order valence-corrected chi connectivity index (χ3v) is 3.28. The highest BCUT2D eigenvalue weighted by atomic mass is 16.5. The van der Waals surface area contributed by atoms with Gasteiger partial charge in [0.05, 0.1) is 7.11 Å². The molecule has 0 unspecified atom stereocenters. The third kappa shape index (κ3) is 3.14. The quantitative estimate of drug-likeness (QED) is 0.810. The van der Waals surface area contributed by atoms with Crippen LogP contribution >= 0.6 is 0 Å². The van der Waals surface area contributed by atoms with Gasteiger partial charge in [0, 0.05) is 31.0 Å². The van der Waals surface area contributed by atoms with Gasteiger partial charge in [-0.2, -0.15) is 0 Å². The van der Waals surface area contributed by atoms with Crippen LogP contribution in [0.15, 0.2) is 12.4 Å². The van der Waals surface area contributed by atoms with Crippen LogP contribution in [0.25, 0.3) is 0 Å². The van der Waals surface area contributed by atoms with Crippen LogP contribution in [0.5, 0.6) is 5.88 Å². The number of ether oxygens (including phenoxy) is 1. The topological polar surface area (TPSA) is 73.1 Å². The van der Waals surface area contributed by atoms with Crippen LogP contribution in [-0.4, -0.2) is 29.2 Å². The maximum Gasteiger partial charge on any atom is 0.236 e. The van der Waals surface area contributed by atoms with Gasteiger partial charge >= 0.3 is 0 Å². The monoisotopic (exact) mass is 236 g/mol. The van der Waals surface area contributed by atoms with Gasteiger partial charge in [-0.25, -0.2) is 4.98 Å². The maximum atomic E-state index is 6.08. The molecule has 0 bridgehead atoms. The van der Waals surface area contributed by atoms with Crippen molar-refractivity contribution in [2.45, 2.75) is 44.3 Å². The molecular formula is C12H20N4O. The molecule has 1 aromatic rings. The standard InChI is InChI=1S/C12H20N4O/c1-17-12-11(14-6-7-15-12)8-16-10-5-3-2-4-9(10)13/h6-7,9-10,16H,2-5,8,13H2,1H3/t9-,10-/m0/s1. The zero-order valence-corrected chi connectivity index (χ0v) is 10.2. The first kappa shape index (κ1) is 12.3. The molecule has 5 nitrogen and oxygen atoms in total. The first-order valence-electron chi connectivity index (χ1n) is 6.14. The van der Waals surface area contributed by atoms with Crippen molar-refractivity contribution in [1.82, 2.24) is 15.3 Å². The summed E-state index contributed by atoms with van der Waals surface area (Å²) in [6.45, 7) is 0.662. The number of methoxy groups -OCH3 is 1. The fourth-order valence-corrected chi connectivity index (χ4v) is 2.29. The summed E-state index contributed by atoms with van der Waals surface area (Å²) in [5.41, 5.74) is 6.92. The van der Waals surface area contributed by atoms with Gasteiger partial charge in [-0.15, -0.1) is 0 Å². The fraction of sp³-hybridized carbons (Fsp3) is 0.667. The van der Waals surface area contributed by atoms with Crippen molar-refractivity contribution in [3.05, 3.63) is 18.1 Å². The number of rotatable bonds is 4. The summed E-state index contributed by atoms with van der Waals surface area (Å²) < 4.78 is 5.17. The van der Waals surface area contributed by atoms with Gasteiger partial charge in [0.1, 0.15) is 5.69 Å². The zero-order chi connectivity index (χ0) is 12.1. The molecule has 17 heavy (non-hydrogen) atoms. The summed E-state index contributed by atoms with van der Waals surface area (Å²) in [6.07, 6.45) is 8.06. The minimum Gasteiger partial charge on any atom is -0.480 e. The molecule has 0 aliphatic heterocycles. The van der Waals surface area contributed by atoms with Crippen LogP contribution in [0.2, 0.25) is 0 Å². The Labute approximate surface area is 102 Å². The van der Waals surface area contributed by atoms with E-state index >= 15 is 0 Å². The molecule has 1 fully saturated rings. The SMILES string of the molecule is COc1nccnc1CN[C@H]1CCCC[C@@H]1N. The summed E-state index contributed by atoms with van der Waals surface area (Å²) in [7, 11) is 1.61. The molecule has 2 atom stereocenters. The van der Waals surface area contributed by atoms with Crippen LogP contribution < -0.4 is 15.8 Å². The van der Waals surface area contributed by atoms with Gasteiger partial charge < -0.3 is 15.8 Å². The molecule has 0 saturated heterocycles. The van der Waals surface area contributed by atoms with Crippen LogP contribution in [0, 0.1) is 0 Å². The Kier molecular flexibility index (Phi) is 4.28. The van der Waals surface area contributed by atoms with Crippen molar-refractivity contribution in [1.29, 1.82) is 0 Å². The highest BCUT2D eigenvalue weighted by Crippen LogP contribution is 2.18. The molecule has 5 heteroatoms. The molecule has 0 amide bonds. The minimum atomic E-state index is 0.256. The van der Waals surface area contributed by atoms with Crippen LogP contribution in [-0.2, 0) is 6.54 Å².